The van der Waals surface area contributed by atoms with E-state index >= 15 is 0 Å². The van der Waals surface area contributed by atoms with Gasteiger partial charge in [0, 0.05) is 32.2 Å². The molecule has 120 valence electrons. The third-order valence-corrected chi connectivity index (χ3v) is 5.22. The molecular weight excluding hydrogens is 270 g/mol. The molecule has 1 N–H and O–H groups in total. The van der Waals surface area contributed by atoms with Crippen LogP contribution in [-0.2, 0) is 4.79 Å². The van der Waals surface area contributed by atoms with E-state index in [2.05, 4.69) is 19.0 Å². The number of likely N-dealkylation sites (tertiary alicyclic amines) is 2. The van der Waals surface area contributed by atoms with Crippen molar-refractivity contribution < 1.29 is 14.7 Å². The van der Waals surface area contributed by atoms with Crippen molar-refractivity contribution in [2.75, 3.05) is 40.3 Å². The summed E-state index contributed by atoms with van der Waals surface area (Å²) in [7, 11) is 4.15. The molecule has 2 amide bonds. The molecule has 2 rings (SSSR count). The Morgan fingerprint density at radius 3 is 2.24 bits per heavy atom. The summed E-state index contributed by atoms with van der Waals surface area (Å²) in [5, 5.41) is 9.41. The zero-order valence-electron chi connectivity index (χ0n) is 13.3. The fourth-order valence-electron chi connectivity index (χ4n) is 3.42. The summed E-state index contributed by atoms with van der Waals surface area (Å²) >= 11 is 0. The van der Waals surface area contributed by atoms with Crippen molar-refractivity contribution in [2.24, 2.45) is 5.41 Å². The molecule has 1 atom stereocenters. The molecule has 2 heterocycles. The average Bonchev–Trinajstić information content (AvgIpc) is 2.92. The Labute approximate surface area is 126 Å². The second kappa shape index (κ2) is 6.22. The molecule has 0 spiro atoms. The quantitative estimate of drug-likeness (QED) is 0.853. The van der Waals surface area contributed by atoms with Crippen LogP contribution in [0.25, 0.3) is 0 Å². The van der Waals surface area contributed by atoms with E-state index in [0.29, 0.717) is 32.0 Å². The monoisotopic (exact) mass is 297 g/mol. The fourth-order valence-corrected chi connectivity index (χ4v) is 3.42. The van der Waals surface area contributed by atoms with Gasteiger partial charge in [-0.15, -0.1) is 0 Å². The zero-order valence-corrected chi connectivity index (χ0v) is 13.3. The lowest BCUT2D eigenvalue weighted by molar-refractivity contribution is -0.148. The van der Waals surface area contributed by atoms with Crippen LogP contribution in [0.4, 0.5) is 4.79 Å². The van der Waals surface area contributed by atoms with E-state index in [-0.39, 0.29) is 6.03 Å². The average molecular weight is 297 g/mol. The number of aliphatic carboxylic acids is 1. The van der Waals surface area contributed by atoms with Gasteiger partial charge in [-0.1, -0.05) is 6.92 Å². The van der Waals surface area contributed by atoms with E-state index in [0.717, 1.165) is 25.9 Å². The second-order valence-electron chi connectivity index (χ2n) is 6.57. The molecule has 2 aliphatic heterocycles. The highest BCUT2D eigenvalue weighted by Crippen LogP contribution is 2.34. The minimum absolute atomic E-state index is 0.0174. The molecule has 0 radical (unpaired) electrons. The Morgan fingerprint density at radius 1 is 1.19 bits per heavy atom. The van der Waals surface area contributed by atoms with E-state index in [1.54, 1.807) is 4.90 Å². The molecular formula is C15H27N3O3. The predicted octanol–water partition coefficient (Wildman–Crippen LogP) is 1.32. The van der Waals surface area contributed by atoms with Gasteiger partial charge in [-0.25, -0.2) is 4.79 Å². The number of nitrogens with zero attached hydrogens (tertiary/aromatic N) is 3. The molecule has 1 unspecified atom stereocenters. The molecule has 2 saturated heterocycles. The fraction of sp³-hybridized carbons (Fsp3) is 0.867. The van der Waals surface area contributed by atoms with Crippen LogP contribution < -0.4 is 0 Å². The molecule has 0 aromatic heterocycles. The molecule has 0 aliphatic carbocycles. The van der Waals surface area contributed by atoms with Crippen molar-refractivity contribution in [2.45, 2.75) is 38.6 Å². The summed E-state index contributed by atoms with van der Waals surface area (Å²) in [5.74, 6) is -0.772. The van der Waals surface area contributed by atoms with Crippen molar-refractivity contribution in [1.29, 1.82) is 0 Å². The van der Waals surface area contributed by atoms with Crippen LogP contribution in [0, 0.1) is 5.41 Å². The van der Waals surface area contributed by atoms with E-state index in [4.69, 9.17) is 0 Å². The van der Waals surface area contributed by atoms with Gasteiger partial charge < -0.3 is 19.8 Å². The Bertz CT molecular complexity index is 405. The number of hydrogen-bond donors (Lipinski definition) is 1. The van der Waals surface area contributed by atoms with Crippen LogP contribution in [0.1, 0.15) is 32.6 Å². The molecule has 6 heteroatoms. The van der Waals surface area contributed by atoms with Gasteiger partial charge in [0.05, 0.1) is 5.41 Å². The molecule has 0 aromatic rings. The Kier molecular flexibility index (Phi) is 4.76. The van der Waals surface area contributed by atoms with Crippen molar-refractivity contribution in [3.63, 3.8) is 0 Å². The van der Waals surface area contributed by atoms with Gasteiger partial charge >= 0.3 is 12.0 Å². The number of urea groups is 1. The number of carbonyl (C=O) groups excluding carboxylic acids is 1. The van der Waals surface area contributed by atoms with Gasteiger partial charge in [0.2, 0.25) is 0 Å². The van der Waals surface area contributed by atoms with Crippen LogP contribution >= 0.6 is 0 Å². The number of rotatable bonds is 3. The molecule has 6 nitrogen and oxygen atoms in total. The smallest absolute Gasteiger partial charge is 0.320 e. The maximum atomic E-state index is 12.5. The predicted molar refractivity (Wildman–Crippen MR) is 80.2 cm³/mol. The maximum Gasteiger partial charge on any atom is 0.320 e. The normalized spacial score (nSPS) is 27.4. The number of carboxylic acid groups (broad SMARTS) is 1. The van der Waals surface area contributed by atoms with Crippen LogP contribution in [0.15, 0.2) is 0 Å². The highest BCUT2D eigenvalue weighted by molar-refractivity contribution is 5.79. The standard InChI is InChI=1S/C15H27N3O3/c1-4-15(13(19)20)7-10-18(11-15)14(21)17-8-5-12(6-9-17)16(2)3/h12H,4-11H2,1-3H3,(H,19,20). The maximum absolute atomic E-state index is 12.5. The van der Waals surface area contributed by atoms with Crippen molar-refractivity contribution in [3.05, 3.63) is 0 Å². The molecule has 0 aromatic carbocycles. The third kappa shape index (κ3) is 3.15. The van der Waals surface area contributed by atoms with Crippen LogP contribution in [0.5, 0.6) is 0 Å². The largest absolute Gasteiger partial charge is 0.481 e. The van der Waals surface area contributed by atoms with Crippen molar-refractivity contribution >= 4 is 12.0 Å². The van der Waals surface area contributed by atoms with Crippen LogP contribution in [-0.4, -0.2) is 78.1 Å². The summed E-state index contributed by atoms with van der Waals surface area (Å²) in [5.41, 5.74) is -0.738. The number of amides is 2. The van der Waals surface area contributed by atoms with Gasteiger partial charge in [-0.2, -0.15) is 0 Å². The summed E-state index contributed by atoms with van der Waals surface area (Å²) in [6.45, 7) is 4.34. The summed E-state index contributed by atoms with van der Waals surface area (Å²) in [4.78, 5) is 29.8. The summed E-state index contributed by atoms with van der Waals surface area (Å²) in [6, 6.07) is 0.560. The summed E-state index contributed by atoms with van der Waals surface area (Å²) in [6.07, 6.45) is 3.13. The topological polar surface area (TPSA) is 64.1 Å². The van der Waals surface area contributed by atoms with Crippen LogP contribution in [0.3, 0.4) is 0 Å². The second-order valence-corrected chi connectivity index (χ2v) is 6.57. The zero-order chi connectivity index (χ0) is 15.6. The first-order chi connectivity index (χ1) is 9.89. The van der Waals surface area contributed by atoms with Gasteiger partial charge in [-0.3, -0.25) is 4.79 Å². The van der Waals surface area contributed by atoms with Crippen molar-refractivity contribution in [3.8, 4) is 0 Å². The number of hydrogen-bond acceptors (Lipinski definition) is 3. The third-order valence-electron chi connectivity index (χ3n) is 5.22. The first kappa shape index (κ1) is 16.1. The van der Waals surface area contributed by atoms with E-state index < -0.39 is 11.4 Å². The Hall–Kier alpha value is -1.30. The van der Waals surface area contributed by atoms with E-state index in [1.807, 2.05) is 11.8 Å². The molecule has 2 aliphatic rings. The first-order valence-electron chi connectivity index (χ1n) is 7.83. The SMILES string of the molecule is CCC1(C(=O)O)CCN(C(=O)N2CCC(N(C)C)CC2)C1. The lowest BCUT2D eigenvalue weighted by Gasteiger charge is -2.37. The van der Waals surface area contributed by atoms with Crippen molar-refractivity contribution in [1.82, 2.24) is 14.7 Å². The highest BCUT2D eigenvalue weighted by atomic mass is 16.4. The van der Waals surface area contributed by atoms with E-state index in [9.17, 15) is 14.7 Å². The number of carboxylic acids is 1. The Morgan fingerprint density at radius 2 is 1.81 bits per heavy atom. The first-order valence-corrected chi connectivity index (χ1v) is 7.83. The number of piperidine rings is 1. The van der Waals surface area contributed by atoms with Crippen LogP contribution in [0.2, 0.25) is 0 Å². The summed E-state index contributed by atoms with van der Waals surface area (Å²) < 4.78 is 0. The lowest BCUT2D eigenvalue weighted by atomic mass is 9.84. The minimum Gasteiger partial charge on any atom is -0.481 e. The molecule has 0 bridgehead atoms. The Balaban J connectivity index is 1.92. The van der Waals surface area contributed by atoms with Gasteiger partial charge in [0.15, 0.2) is 0 Å². The molecule has 2 fully saturated rings. The minimum atomic E-state index is -0.772. The highest BCUT2D eigenvalue weighted by Gasteiger charge is 2.45. The van der Waals surface area contributed by atoms with E-state index in [1.165, 1.54) is 0 Å². The lowest BCUT2D eigenvalue weighted by Crippen LogP contribution is -2.49. The van der Waals surface area contributed by atoms with Gasteiger partial charge in [0.25, 0.3) is 0 Å². The number of carbonyl (C=O) groups is 2. The molecule has 0 saturated carbocycles. The van der Waals surface area contributed by atoms with Gasteiger partial charge in [-0.05, 0) is 39.8 Å². The molecule has 21 heavy (non-hydrogen) atoms. The van der Waals surface area contributed by atoms with Gasteiger partial charge in [0.1, 0.15) is 0 Å².